The van der Waals surface area contributed by atoms with Crippen LogP contribution in [0, 0.1) is 0 Å². The average molecular weight is 505 g/mol. The molecule has 0 aliphatic rings. The Labute approximate surface area is 172 Å². The van der Waals surface area contributed by atoms with Crippen molar-refractivity contribution < 1.29 is 13.2 Å². The number of alkyl halides is 1. The van der Waals surface area contributed by atoms with Crippen LogP contribution in [0.4, 0.5) is 5.69 Å². The van der Waals surface area contributed by atoms with Gasteiger partial charge in [0.25, 0.3) is 10.0 Å². The zero-order chi connectivity index (χ0) is 19.0. The Bertz CT molecular complexity index is 777. The number of hydrogen-bond acceptors (Lipinski definition) is 3. The fourth-order valence-corrected chi connectivity index (χ4v) is 4.25. The molecular formula is C19H23Br2NO3S. The van der Waals surface area contributed by atoms with Gasteiger partial charge in [-0.1, -0.05) is 44.7 Å². The van der Waals surface area contributed by atoms with Gasteiger partial charge in [0.05, 0.1) is 17.2 Å². The van der Waals surface area contributed by atoms with Crippen LogP contribution in [0.15, 0.2) is 57.9 Å². The molecule has 142 valence electrons. The Balaban J connectivity index is 1.95. The second kappa shape index (κ2) is 10.3. The van der Waals surface area contributed by atoms with Crippen molar-refractivity contribution in [1.82, 2.24) is 0 Å². The minimum Gasteiger partial charge on any atom is -0.494 e. The number of benzene rings is 2. The van der Waals surface area contributed by atoms with Gasteiger partial charge in [-0.3, -0.25) is 4.31 Å². The lowest BCUT2D eigenvalue weighted by Gasteiger charge is -2.20. The predicted molar refractivity (Wildman–Crippen MR) is 114 cm³/mol. The lowest BCUT2D eigenvalue weighted by atomic mass is 10.2. The molecule has 26 heavy (non-hydrogen) atoms. The van der Waals surface area contributed by atoms with Crippen molar-refractivity contribution in [3.63, 3.8) is 0 Å². The van der Waals surface area contributed by atoms with Crippen LogP contribution in [-0.4, -0.2) is 27.4 Å². The summed E-state index contributed by atoms with van der Waals surface area (Å²) < 4.78 is 33.2. The van der Waals surface area contributed by atoms with Crippen LogP contribution in [0.5, 0.6) is 5.75 Å². The van der Waals surface area contributed by atoms with E-state index in [4.69, 9.17) is 4.74 Å². The number of halogens is 2. The summed E-state index contributed by atoms with van der Waals surface area (Å²) >= 11 is 6.74. The Morgan fingerprint density at radius 2 is 1.54 bits per heavy atom. The third kappa shape index (κ3) is 5.99. The first-order valence-electron chi connectivity index (χ1n) is 8.48. The van der Waals surface area contributed by atoms with Gasteiger partial charge in [-0.25, -0.2) is 8.42 Å². The van der Waals surface area contributed by atoms with E-state index in [9.17, 15) is 8.42 Å². The van der Waals surface area contributed by atoms with Gasteiger partial charge in [-0.2, -0.15) is 0 Å². The Hall–Kier alpha value is -1.05. The first-order chi connectivity index (χ1) is 12.4. The molecule has 0 amide bonds. The molecule has 2 aromatic carbocycles. The van der Waals surface area contributed by atoms with E-state index in [1.165, 1.54) is 17.1 Å². The van der Waals surface area contributed by atoms with Gasteiger partial charge in [-0.15, -0.1) is 0 Å². The first-order valence-corrected chi connectivity index (χ1v) is 11.8. The van der Waals surface area contributed by atoms with Crippen LogP contribution in [0.2, 0.25) is 0 Å². The highest BCUT2D eigenvalue weighted by Crippen LogP contribution is 2.25. The summed E-state index contributed by atoms with van der Waals surface area (Å²) in [6, 6.07) is 13.7. The maximum absolute atomic E-state index is 12.7. The van der Waals surface area contributed by atoms with Gasteiger partial charge in [0, 0.05) is 16.9 Å². The third-order valence-electron chi connectivity index (χ3n) is 3.97. The summed E-state index contributed by atoms with van der Waals surface area (Å²) in [5.74, 6) is 0.753. The van der Waals surface area contributed by atoms with E-state index in [-0.39, 0.29) is 4.90 Å². The van der Waals surface area contributed by atoms with E-state index in [0.29, 0.717) is 12.3 Å². The smallest absolute Gasteiger partial charge is 0.264 e. The second-order valence-electron chi connectivity index (χ2n) is 5.87. The van der Waals surface area contributed by atoms with E-state index < -0.39 is 10.0 Å². The van der Waals surface area contributed by atoms with E-state index in [0.717, 1.165) is 28.4 Å². The monoisotopic (exact) mass is 503 g/mol. The molecule has 0 saturated carbocycles. The van der Waals surface area contributed by atoms with Crippen LogP contribution in [-0.2, 0) is 10.0 Å². The van der Waals surface area contributed by atoms with Crippen molar-refractivity contribution in [2.45, 2.75) is 30.6 Å². The highest BCUT2D eigenvalue weighted by atomic mass is 79.9. The Kier molecular flexibility index (Phi) is 8.44. The third-order valence-corrected chi connectivity index (χ3v) is 6.86. The number of anilines is 1. The fourth-order valence-electron chi connectivity index (χ4n) is 2.40. The molecule has 0 unspecified atom stereocenters. The summed E-state index contributed by atoms with van der Waals surface area (Å²) in [6.45, 7) is 0.675. The van der Waals surface area contributed by atoms with Gasteiger partial charge >= 0.3 is 0 Å². The average Bonchev–Trinajstić information content (AvgIpc) is 2.65. The molecule has 0 aliphatic heterocycles. The van der Waals surface area contributed by atoms with Gasteiger partial charge in [0.1, 0.15) is 5.75 Å². The van der Waals surface area contributed by atoms with Gasteiger partial charge < -0.3 is 4.74 Å². The number of ether oxygens (including phenoxy) is 1. The first kappa shape index (κ1) is 21.3. The molecule has 2 aromatic rings. The predicted octanol–water partition coefficient (Wildman–Crippen LogP) is 5.61. The van der Waals surface area contributed by atoms with Crippen LogP contribution < -0.4 is 9.04 Å². The number of unbranched alkanes of at least 4 members (excludes halogenated alkanes) is 3. The number of sulfonamides is 1. The van der Waals surface area contributed by atoms with Crippen molar-refractivity contribution in [1.29, 1.82) is 0 Å². The summed E-state index contributed by atoms with van der Waals surface area (Å²) in [6.07, 6.45) is 4.56. The van der Waals surface area contributed by atoms with E-state index >= 15 is 0 Å². The molecular weight excluding hydrogens is 482 g/mol. The topological polar surface area (TPSA) is 46.6 Å². The zero-order valence-corrected chi connectivity index (χ0v) is 18.7. The van der Waals surface area contributed by atoms with E-state index in [1.54, 1.807) is 55.6 Å². The largest absolute Gasteiger partial charge is 0.494 e. The number of hydrogen-bond donors (Lipinski definition) is 0. The SMILES string of the molecule is CN(c1ccc(OCCCCCCBr)cc1)S(=O)(=O)c1ccc(Br)cc1. The molecule has 2 rings (SSSR count). The van der Waals surface area contributed by atoms with Crippen molar-refractivity contribution >= 4 is 47.6 Å². The molecule has 0 aliphatic carbocycles. The minimum absolute atomic E-state index is 0.256. The molecule has 0 radical (unpaired) electrons. The van der Waals surface area contributed by atoms with E-state index in [2.05, 4.69) is 31.9 Å². The molecule has 0 aromatic heterocycles. The number of rotatable bonds is 10. The normalized spacial score (nSPS) is 11.3. The van der Waals surface area contributed by atoms with Crippen LogP contribution in [0.25, 0.3) is 0 Å². The molecule has 0 N–H and O–H groups in total. The molecule has 0 bridgehead atoms. The quantitative estimate of drug-likeness (QED) is 0.312. The summed E-state index contributed by atoms with van der Waals surface area (Å²) in [5, 5.41) is 1.05. The van der Waals surface area contributed by atoms with Crippen LogP contribution >= 0.6 is 31.9 Å². The van der Waals surface area contributed by atoms with Gasteiger partial charge in [0.2, 0.25) is 0 Å². The zero-order valence-electron chi connectivity index (χ0n) is 14.7. The maximum atomic E-state index is 12.7. The van der Waals surface area contributed by atoms with Crippen molar-refractivity contribution in [2.24, 2.45) is 0 Å². The number of nitrogens with zero attached hydrogens (tertiary/aromatic N) is 1. The molecule has 0 fully saturated rings. The lowest BCUT2D eigenvalue weighted by Crippen LogP contribution is -2.26. The lowest BCUT2D eigenvalue weighted by molar-refractivity contribution is 0.305. The summed E-state index contributed by atoms with van der Waals surface area (Å²) in [4.78, 5) is 0.256. The molecule has 0 atom stereocenters. The highest BCUT2D eigenvalue weighted by Gasteiger charge is 2.21. The van der Waals surface area contributed by atoms with Gasteiger partial charge in [0.15, 0.2) is 0 Å². The van der Waals surface area contributed by atoms with Crippen LogP contribution in [0.1, 0.15) is 25.7 Å². The molecule has 7 heteroatoms. The van der Waals surface area contributed by atoms with Crippen molar-refractivity contribution in [3.8, 4) is 5.75 Å². The highest BCUT2D eigenvalue weighted by molar-refractivity contribution is 9.10. The molecule has 0 saturated heterocycles. The Morgan fingerprint density at radius 1 is 0.923 bits per heavy atom. The molecule has 0 spiro atoms. The van der Waals surface area contributed by atoms with Crippen molar-refractivity contribution in [3.05, 3.63) is 53.0 Å². The summed E-state index contributed by atoms with van der Waals surface area (Å²) in [7, 11) is -2.03. The minimum atomic E-state index is -3.58. The fraction of sp³-hybridized carbons (Fsp3) is 0.368. The maximum Gasteiger partial charge on any atom is 0.264 e. The van der Waals surface area contributed by atoms with Gasteiger partial charge in [-0.05, 0) is 61.4 Å². The second-order valence-corrected chi connectivity index (χ2v) is 9.55. The molecule has 4 nitrogen and oxygen atoms in total. The summed E-state index contributed by atoms with van der Waals surface area (Å²) in [5.41, 5.74) is 0.595. The standard InChI is InChI=1S/C19H23Br2NO3S/c1-22(26(23,24)19-12-6-16(21)7-13-19)17-8-10-18(11-9-17)25-15-5-3-2-4-14-20/h6-13H,2-5,14-15H2,1H3. The molecule has 0 heterocycles. The van der Waals surface area contributed by atoms with E-state index in [1.807, 2.05) is 0 Å². The van der Waals surface area contributed by atoms with Crippen LogP contribution in [0.3, 0.4) is 0 Å². The Morgan fingerprint density at radius 3 is 2.15 bits per heavy atom. The van der Waals surface area contributed by atoms with Crippen molar-refractivity contribution in [2.75, 3.05) is 23.3 Å².